The number of rotatable bonds is 4. The fraction of sp³-hybridized carbons (Fsp3) is 0.375. The maximum atomic E-state index is 13.1. The normalized spacial score (nSPS) is 23.0. The number of piperidine rings is 1. The smallest absolute Gasteiger partial charge is 0.407 e. The molecule has 3 N–H and O–H groups in total. The van der Waals surface area contributed by atoms with Crippen LogP contribution in [0.15, 0.2) is 53.4 Å². The van der Waals surface area contributed by atoms with Crippen LogP contribution in [0.3, 0.4) is 0 Å². The van der Waals surface area contributed by atoms with E-state index in [1.54, 1.807) is 62.1 Å². The Balaban J connectivity index is 1.77. The second kappa shape index (κ2) is 8.43. The lowest BCUT2D eigenvalue weighted by molar-refractivity contribution is 0.100. The summed E-state index contributed by atoms with van der Waals surface area (Å²) in [5, 5.41) is 20.1. The molecule has 2 atom stereocenters. The van der Waals surface area contributed by atoms with Crippen LogP contribution in [0.1, 0.15) is 33.6 Å². The zero-order chi connectivity index (χ0) is 24.8. The first kappa shape index (κ1) is 23.7. The third kappa shape index (κ3) is 3.71. The molecule has 10 heteroatoms. The van der Waals surface area contributed by atoms with Gasteiger partial charge in [0.2, 0.25) is 0 Å². The number of likely N-dealkylation sites (tertiary alicyclic amines) is 1. The van der Waals surface area contributed by atoms with Crippen molar-refractivity contribution in [2.45, 2.75) is 55.3 Å². The summed E-state index contributed by atoms with van der Waals surface area (Å²) < 4.78 is 25.0. The number of hydrogen-bond donors (Lipinski definition) is 3. The minimum Gasteiger partial charge on any atom is -0.465 e. The van der Waals surface area contributed by atoms with E-state index in [1.165, 1.54) is 4.90 Å². The number of amidine groups is 1. The molecular weight excluding hydrogens is 456 g/mol. The summed E-state index contributed by atoms with van der Waals surface area (Å²) in [4.78, 5) is 27.8. The van der Waals surface area contributed by atoms with E-state index in [-0.39, 0.29) is 29.7 Å². The molecular formula is C24H28N4O5S. The summed E-state index contributed by atoms with van der Waals surface area (Å²) in [6.45, 7) is 5.25. The lowest BCUT2D eigenvalue weighted by Crippen LogP contribution is -2.60. The number of carbonyl (C=O) groups is 2. The third-order valence-corrected chi connectivity index (χ3v) is 8.94. The maximum Gasteiger partial charge on any atom is 0.407 e. The summed E-state index contributed by atoms with van der Waals surface area (Å²) in [6, 6.07) is 13.0. The van der Waals surface area contributed by atoms with Crippen molar-refractivity contribution in [2.24, 2.45) is 0 Å². The molecule has 0 aromatic heterocycles. The standard InChI is InChI=1S/C24H28N4O5S/c1-15(2)34(32,33)18-10-8-17(9-11-18)19-6-4-5-7-20(19)28-22(29)26-21(25)24(28)12-13-27(23(30)31)16(3)14-24/h4-11,15-16H,12-14H2,1-3H3,(H,30,31)(H2,25,26,29)/t16-,24+/m0/s1. The van der Waals surface area contributed by atoms with Gasteiger partial charge in [0.15, 0.2) is 9.84 Å². The van der Waals surface area contributed by atoms with E-state index in [2.05, 4.69) is 5.32 Å². The van der Waals surface area contributed by atoms with Crippen molar-refractivity contribution in [3.8, 4) is 11.1 Å². The molecule has 0 aliphatic carbocycles. The van der Waals surface area contributed by atoms with Gasteiger partial charge in [0.25, 0.3) is 0 Å². The van der Waals surface area contributed by atoms with Crippen LogP contribution in [0.25, 0.3) is 11.1 Å². The SMILES string of the molecule is CC(C)S(=O)(=O)c1ccc(-c2ccccc2N2C(=O)NC(=N)[C@]23CCN(C(=O)O)[C@@H](C)C3)cc1. The van der Waals surface area contributed by atoms with Gasteiger partial charge in [-0.1, -0.05) is 30.3 Å². The fourth-order valence-electron chi connectivity index (χ4n) is 4.88. The molecule has 9 nitrogen and oxygen atoms in total. The van der Waals surface area contributed by atoms with Crippen LogP contribution >= 0.6 is 0 Å². The highest BCUT2D eigenvalue weighted by atomic mass is 32.2. The van der Waals surface area contributed by atoms with Crippen LogP contribution in [-0.4, -0.2) is 59.8 Å². The van der Waals surface area contributed by atoms with Crippen molar-refractivity contribution >= 4 is 33.5 Å². The van der Waals surface area contributed by atoms with Crippen LogP contribution in [0, 0.1) is 5.41 Å². The maximum absolute atomic E-state index is 13.1. The van der Waals surface area contributed by atoms with Gasteiger partial charge in [0.05, 0.1) is 15.8 Å². The van der Waals surface area contributed by atoms with Crippen LogP contribution in [0.4, 0.5) is 15.3 Å². The highest BCUT2D eigenvalue weighted by Crippen LogP contribution is 2.43. The number of carboxylic acid groups (broad SMARTS) is 1. The Kier molecular flexibility index (Phi) is 5.89. The van der Waals surface area contributed by atoms with Crippen molar-refractivity contribution in [2.75, 3.05) is 11.4 Å². The molecule has 0 saturated carbocycles. The molecule has 34 heavy (non-hydrogen) atoms. The zero-order valence-electron chi connectivity index (χ0n) is 19.3. The van der Waals surface area contributed by atoms with Gasteiger partial charge in [0, 0.05) is 18.2 Å². The van der Waals surface area contributed by atoms with Gasteiger partial charge < -0.3 is 10.0 Å². The first-order valence-corrected chi connectivity index (χ1v) is 12.7. The van der Waals surface area contributed by atoms with E-state index < -0.39 is 32.8 Å². The van der Waals surface area contributed by atoms with Crippen molar-refractivity contribution in [1.82, 2.24) is 10.2 Å². The number of sulfone groups is 1. The Morgan fingerprint density at radius 2 is 1.82 bits per heavy atom. The van der Waals surface area contributed by atoms with Crippen molar-refractivity contribution in [1.29, 1.82) is 5.41 Å². The number of hydrogen-bond acceptors (Lipinski definition) is 5. The summed E-state index contributed by atoms with van der Waals surface area (Å²) >= 11 is 0. The molecule has 0 radical (unpaired) electrons. The summed E-state index contributed by atoms with van der Waals surface area (Å²) in [7, 11) is -3.41. The van der Waals surface area contributed by atoms with Crippen molar-refractivity contribution < 1.29 is 23.1 Å². The van der Waals surface area contributed by atoms with Gasteiger partial charge in [-0.15, -0.1) is 0 Å². The quantitative estimate of drug-likeness (QED) is 0.605. The molecule has 2 aromatic carbocycles. The van der Waals surface area contributed by atoms with E-state index >= 15 is 0 Å². The number of benzene rings is 2. The Labute approximate surface area is 198 Å². The highest BCUT2D eigenvalue weighted by molar-refractivity contribution is 7.92. The van der Waals surface area contributed by atoms with E-state index in [4.69, 9.17) is 5.41 Å². The first-order valence-electron chi connectivity index (χ1n) is 11.1. The summed E-state index contributed by atoms with van der Waals surface area (Å²) in [5.41, 5.74) is 1.04. The molecule has 2 aromatic rings. The number of para-hydroxylation sites is 1. The highest BCUT2D eigenvalue weighted by Gasteiger charge is 2.55. The predicted octanol–water partition coefficient (Wildman–Crippen LogP) is 3.94. The summed E-state index contributed by atoms with van der Waals surface area (Å²) in [5.74, 6) is 0.0579. The van der Waals surface area contributed by atoms with Gasteiger partial charge in [-0.05, 0) is 57.4 Å². The molecule has 2 fully saturated rings. The molecule has 2 saturated heterocycles. The van der Waals surface area contributed by atoms with E-state index in [9.17, 15) is 23.1 Å². The lowest BCUT2D eigenvalue weighted by atomic mass is 9.81. The van der Waals surface area contributed by atoms with Gasteiger partial charge >= 0.3 is 12.1 Å². The topological polar surface area (TPSA) is 131 Å². The van der Waals surface area contributed by atoms with E-state index in [1.807, 2.05) is 12.1 Å². The Morgan fingerprint density at radius 1 is 1.18 bits per heavy atom. The average Bonchev–Trinajstić information content (AvgIpc) is 3.02. The van der Waals surface area contributed by atoms with Crippen LogP contribution in [0.2, 0.25) is 0 Å². The summed E-state index contributed by atoms with van der Waals surface area (Å²) in [6.07, 6.45) is -0.438. The Bertz CT molecular complexity index is 1260. The number of amides is 3. The van der Waals surface area contributed by atoms with Gasteiger partial charge in [-0.3, -0.25) is 15.6 Å². The number of anilines is 1. The fourth-order valence-corrected chi connectivity index (χ4v) is 5.94. The van der Waals surface area contributed by atoms with Crippen LogP contribution in [0.5, 0.6) is 0 Å². The van der Waals surface area contributed by atoms with Crippen LogP contribution in [-0.2, 0) is 9.84 Å². The number of urea groups is 1. The molecule has 3 amide bonds. The van der Waals surface area contributed by atoms with Gasteiger partial charge in [-0.2, -0.15) is 0 Å². The van der Waals surface area contributed by atoms with Crippen LogP contribution < -0.4 is 10.2 Å². The minimum atomic E-state index is -3.41. The van der Waals surface area contributed by atoms with Crippen molar-refractivity contribution in [3.05, 3.63) is 48.5 Å². The van der Waals surface area contributed by atoms with E-state index in [0.717, 1.165) is 5.56 Å². The predicted molar refractivity (Wildman–Crippen MR) is 129 cm³/mol. The molecule has 2 aliphatic rings. The second-order valence-corrected chi connectivity index (χ2v) is 11.6. The lowest BCUT2D eigenvalue weighted by Gasteiger charge is -2.46. The Hall–Kier alpha value is -3.40. The second-order valence-electron chi connectivity index (χ2n) is 9.09. The minimum absolute atomic E-state index is 0.0579. The Morgan fingerprint density at radius 3 is 2.41 bits per heavy atom. The molecule has 180 valence electrons. The average molecular weight is 485 g/mol. The van der Waals surface area contributed by atoms with Crippen molar-refractivity contribution in [3.63, 3.8) is 0 Å². The molecule has 2 aliphatic heterocycles. The first-order chi connectivity index (χ1) is 16.0. The monoisotopic (exact) mass is 484 g/mol. The molecule has 0 bridgehead atoms. The zero-order valence-corrected chi connectivity index (χ0v) is 20.1. The third-order valence-electron chi connectivity index (χ3n) is 6.76. The number of nitrogens with one attached hydrogen (secondary N) is 2. The number of carbonyl (C=O) groups excluding carboxylic acids is 1. The molecule has 0 unspecified atom stereocenters. The van der Waals surface area contributed by atoms with E-state index in [0.29, 0.717) is 17.7 Å². The largest absolute Gasteiger partial charge is 0.465 e. The van der Waals surface area contributed by atoms with Gasteiger partial charge in [-0.25, -0.2) is 18.0 Å². The molecule has 2 heterocycles. The molecule has 4 rings (SSSR count). The van der Waals surface area contributed by atoms with Gasteiger partial charge in [0.1, 0.15) is 11.4 Å². The molecule has 1 spiro atoms. The number of nitrogens with zero attached hydrogens (tertiary/aromatic N) is 2.